The van der Waals surface area contributed by atoms with Crippen molar-refractivity contribution in [3.8, 4) is 0 Å². The van der Waals surface area contributed by atoms with Gasteiger partial charge in [0.2, 0.25) is 5.78 Å². The van der Waals surface area contributed by atoms with E-state index in [9.17, 15) is 18.4 Å². The van der Waals surface area contributed by atoms with Gasteiger partial charge < -0.3 is 9.22 Å². The summed E-state index contributed by atoms with van der Waals surface area (Å²) in [7, 11) is 0. The van der Waals surface area contributed by atoms with Crippen LogP contribution in [0.3, 0.4) is 0 Å². The van der Waals surface area contributed by atoms with E-state index in [1.54, 1.807) is 24.3 Å². The maximum Gasteiger partial charge on any atom is 0.315 e. The number of aryl methyl sites for hydroxylation is 1. The highest BCUT2D eigenvalue weighted by molar-refractivity contribution is 5.97. The Balaban J connectivity index is 1.36. The Morgan fingerprint density at radius 1 is 0.917 bits per heavy atom. The van der Waals surface area contributed by atoms with Crippen LogP contribution in [0.2, 0.25) is 0 Å². The molecule has 3 aliphatic heterocycles. The highest BCUT2D eigenvalue weighted by atomic mass is 19.1. The maximum atomic E-state index is 14.0. The molecule has 0 radical (unpaired) electrons. The Kier molecular flexibility index (Phi) is 6.71. The van der Waals surface area contributed by atoms with Crippen LogP contribution < -0.4 is 0 Å². The van der Waals surface area contributed by atoms with E-state index in [1.165, 1.54) is 24.3 Å². The van der Waals surface area contributed by atoms with Gasteiger partial charge in [0, 0.05) is 18.4 Å². The molecule has 3 fully saturated rings. The summed E-state index contributed by atoms with van der Waals surface area (Å²) in [5.41, 5.74) is 2.70. The Morgan fingerprint density at radius 2 is 1.50 bits per heavy atom. The Bertz CT molecular complexity index is 1220. The van der Waals surface area contributed by atoms with Crippen molar-refractivity contribution in [3.05, 3.63) is 107 Å². The second kappa shape index (κ2) is 9.94. The zero-order valence-corrected chi connectivity index (χ0v) is 20.3. The Hall–Kier alpha value is -3.38. The van der Waals surface area contributed by atoms with E-state index in [2.05, 4.69) is 0 Å². The number of piperidine rings is 3. The van der Waals surface area contributed by atoms with Crippen LogP contribution >= 0.6 is 0 Å². The summed E-state index contributed by atoms with van der Waals surface area (Å²) in [5, 5.41) is 0. The number of Topliss-reactive ketones (excluding diaryl/α,β-unsaturated/α-hetero) is 1. The smallest absolute Gasteiger partial charge is 0.315 e. The summed E-state index contributed by atoms with van der Waals surface area (Å²) >= 11 is 0. The molecule has 0 amide bonds. The number of ether oxygens (including phenoxy) is 1. The predicted molar refractivity (Wildman–Crippen MR) is 132 cm³/mol. The summed E-state index contributed by atoms with van der Waals surface area (Å²) in [6.07, 6.45) is 0.791. The summed E-state index contributed by atoms with van der Waals surface area (Å²) in [5.74, 6) is -1.36. The summed E-state index contributed by atoms with van der Waals surface area (Å²) < 4.78 is 34.6. The minimum absolute atomic E-state index is 0.0832. The normalized spacial score (nSPS) is 23.0. The average molecular weight is 491 g/mol. The average Bonchev–Trinajstić information content (AvgIpc) is 2.88. The van der Waals surface area contributed by atoms with Crippen molar-refractivity contribution < 1.29 is 27.6 Å². The molecule has 1 atom stereocenters. The molecule has 3 heterocycles. The predicted octanol–water partition coefficient (Wildman–Crippen LogP) is 5.65. The summed E-state index contributed by atoms with van der Waals surface area (Å²) in [6, 6.07) is 19.3. The zero-order valence-electron chi connectivity index (χ0n) is 20.3. The van der Waals surface area contributed by atoms with E-state index < -0.39 is 17.7 Å². The van der Waals surface area contributed by atoms with E-state index in [0.29, 0.717) is 34.3 Å². The first kappa shape index (κ1) is 24.3. The van der Waals surface area contributed by atoms with Crippen LogP contribution in [0, 0.1) is 30.4 Å². The molecule has 0 aliphatic carbocycles. The van der Waals surface area contributed by atoms with E-state index >= 15 is 0 Å². The van der Waals surface area contributed by atoms with Gasteiger partial charge in [0.05, 0.1) is 19.6 Å². The third kappa shape index (κ3) is 5.09. The van der Waals surface area contributed by atoms with Gasteiger partial charge >= 0.3 is 5.97 Å². The van der Waals surface area contributed by atoms with Crippen LogP contribution in [-0.2, 0) is 9.53 Å². The van der Waals surface area contributed by atoms with Crippen LogP contribution in [0.4, 0.5) is 8.78 Å². The van der Waals surface area contributed by atoms with Gasteiger partial charge in [-0.15, -0.1) is 0 Å². The molecule has 1 unspecified atom stereocenters. The Morgan fingerprint density at radius 3 is 2.06 bits per heavy atom. The molecule has 36 heavy (non-hydrogen) atoms. The molecule has 186 valence electrons. The molecule has 3 aromatic rings. The second-order valence-corrected chi connectivity index (χ2v) is 10.3. The number of hydrogen-bond donors (Lipinski definition) is 0. The highest BCUT2D eigenvalue weighted by Crippen LogP contribution is 2.40. The quantitative estimate of drug-likeness (QED) is 0.244. The number of esters is 1. The van der Waals surface area contributed by atoms with Crippen molar-refractivity contribution in [3.63, 3.8) is 0 Å². The lowest BCUT2D eigenvalue weighted by atomic mass is 9.76. The largest absolute Gasteiger partial charge is 0.452 e. The molecule has 0 spiro atoms. The van der Waals surface area contributed by atoms with Crippen molar-refractivity contribution in [1.29, 1.82) is 0 Å². The van der Waals surface area contributed by atoms with E-state index in [4.69, 9.17) is 4.74 Å². The fourth-order valence-electron chi connectivity index (χ4n) is 5.78. The van der Waals surface area contributed by atoms with Gasteiger partial charge in [0.1, 0.15) is 24.1 Å². The van der Waals surface area contributed by atoms with Gasteiger partial charge in [0.15, 0.2) is 6.10 Å². The molecule has 6 rings (SSSR count). The zero-order chi connectivity index (χ0) is 25.3. The number of halogens is 2. The second-order valence-electron chi connectivity index (χ2n) is 10.3. The molecule has 2 bridgehead atoms. The minimum Gasteiger partial charge on any atom is -0.452 e. The third-order valence-electron chi connectivity index (χ3n) is 7.79. The lowest BCUT2D eigenvalue weighted by Crippen LogP contribution is -2.64. The van der Waals surface area contributed by atoms with Gasteiger partial charge in [-0.25, -0.2) is 8.78 Å². The van der Waals surface area contributed by atoms with Gasteiger partial charge in [0.25, 0.3) is 0 Å². The van der Waals surface area contributed by atoms with E-state index in [0.717, 1.165) is 31.5 Å². The van der Waals surface area contributed by atoms with E-state index in [-0.39, 0.29) is 23.6 Å². The van der Waals surface area contributed by atoms with Crippen molar-refractivity contribution in [1.82, 2.24) is 0 Å². The Labute approximate surface area is 210 Å². The van der Waals surface area contributed by atoms with Gasteiger partial charge in [-0.2, -0.15) is 0 Å². The minimum atomic E-state index is -0.915. The lowest BCUT2D eigenvalue weighted by Gasteiger charge is -2.51. The molecule has 3 aromatic carbocycles. The number of quaternary nitrogens is 1. The fourth-order valence-corrected chi connectivity index (χ4v) is 5.78. The molecular weight excluding hydrogens is 460 g/mol. The number of benzene rings is 3. The number of ketones is 1. The molecule has 0 N–H and O–H groups in total. The third-order valence-corrected chi connectivity index (χ3v) is 7.79. The van der Waals surface area contributed by atoms with Crippen LogP contribution in [0.15, 0.2) is 72.8 Å². The SMILES string of the molecule is Cc1ccc(C(=O)C[N+]23CCC(CC2)C(C(=O)OC(c2cccc(F)c2)c2cccc(F)c2)C3)cc1. The number of nitrogens with zero attached hydrogens (tertiary/aromatic N) is 1. The topological polar surface area (TPSA) is 43.4 Å². The van der Waals surface area contributed by atoms with Crippen molar-refractivity contribution in [2.24, 2.45) is 11.8 Å². The molecule has 0 aromatic heterocycles. The summed E-state index contributed by atoms with van der Waals surface area (Å²) in [6.45, 7) is 4.62. The monoisotopic (exact) mass is 490 g/mol. The number of carbonyl (C=O) groups is 2. The summed E-state index contributed by atoms with van der Waals surface area (Å²) in [4.78, 5) is 26.6. The molecule has 3 aliphatic rings. The van der Waals surface area contributed by atoms with Crippen LogP contribution in [0.5, 0.6) is 0 Å². The number of fused-ring (bicyclic) bond motifs is 3. The van der Waals surface area contributed by atoms with Gasteiger partial charge in [-0.1, -0.05) is 54.1 Å². The van der Waals surface area contributed by atoms with Crippen LogP contribution in [-0.4, -0.2) is 42.4 Å². The van der Waals surface area contributed by atoms with E-state index in [1.807, 2.05) is 31.2 Å². The number of rotatable bonds is 7. The van der Waals surface area contributed by atoms with Gasteiger partial charge in [-0.05, 0) is 48.2 Å². The first-order chi connectivity index (χ1) is 17.3. The molecule has 0 saturated carbocycles. The first-order valence-electron chi connectivity index (χ1n) is 12.5. The fraction of sp³-hybridized carbons (Fsp3) is 0.333. The molecule has 6 heteroatoms. The van der Waals surface area contributed by atoms with Gasteiger partial charge in [-0.3, -0.25) is 9.59 Å². The van der Waals surface area contributed by atoms with Crippen molar-refractivity contribution in [2.75, 3.05) is 26.2 Å². The number of carbonyl (C=O) groups excluding carboxylic acids is 2. The molecular formula is C30H30F2NO3+. The van der Waals surface area contributed by atoms with Crippen molar-refractivity contribution >= 4 is 11.8 Å². The molecule has 3 saturated heterocycles. The number of hydrogen-bond acceptors (Lipinski definition) is 3. The lowest BCUT2D eigenvalue weighted by molar-refractivity contribution is -0.938. The highest BCUT2D eigenvalue weighted by Gasteiger charge is 2.50. The maximum absolute atomic E-state index is 14.0. The van der Waals surface area contributed by atoms with Crippen LogP contribution in [0.25, 0.3) is 0 Å². The standard InChI is InChI=1S/C30H30F2NO3/c1-20-8-10-22(11-9-20)28(34)19-33-14-12-21(13-15-33)27(18-33)30(35)36-29(23-4-2-6-25(31)16-23)24-5-3-7-26(32)17-24/h2-11,16-17,21,27,29H,12-15,18-19H2,1H3/q+1. The van der Waals surface area contributed by atoms with Crippen LogP contribution in [0.1, 0.15) is 46.0 Å². The van der Waals surface area contributed by atoms with Crippen molar-refractivity contribution in [2.45, 2.75) is 25.9 Å². The molecule has 4 nitrogen and oxygen atoms in total. The first-order valence-corrected chi connectivity index (χ1v) is 12.5.